The molecule has 0 bridgehead atoms. The van der Waals surface area contributed by atoms with Gasteiger partial charge in [-0.15, -0.1) is 0 Å². The first-order chi connectivity index (χ1) is 15.5. The van der Waals surface area contributed by atoms with Crippen molar-refractivity contribution >= 4 is 28.5 Å². The fourth-order valence-electron chi connectivity index (χ4n) is 4.38. The summed E-state index contributed by atoms with van der Waals surface area (Å²) in [6.45, 7) is 3.98. The van der Waals surface area contributed by atoms with Gasteiger partial charge in [-0.2, -0.15) is 5.10 Å². The van der Waals surface area contributed by atoms with Gasteiger partial charge in [-0.3, -0.25) is 10.2 Å². The molecule has 0 aliphatic carbocycles. The quantitative estimate of drug-likeness (QED) is 0.660. The molecule has 3 heterocycles. The van der Waals surface area contributed by atoms with E-state index in [-0.39, 0.29) is 35.7 Å². The number of hydrogen-bond acceptors (Lipinski definition) is 7. The summed E-state index contributed by atoms with van der Waals surface area (Å²) < 4.78 is 13.3. The second-order valence-electron chi connectivity index (χ2n) is 8.22. The molecule has 5 rings (SSSR count). The third-order valence-electron chi connectivity index (χ3n) is 6.06. The van der Waals surface area contributed by atoms with Crippen LogP contribution in [0.1, 0.15) is 29.2 Å². The Morgan fingerprint density at radius 3 is 2.69 bits per heavy atom. The van der Waals surface area contributed by atoms with E-state index in [1.165, 1.54) is 23.9 Å². The van der Waals surface area contributed by atoms with Crippen molar-refractivity contribution in [1.82, 2.24) is 20.8 Å². The molecule has 1 saturated heterocycles. The molecule has 0 radical (unpaired) electrons. The number of halogens is 1. The number of hydrogen-bond donors (Lipinski definition) is 3. The predicted molar refractivity (Wildman–Crippen MR) is 125 cm³/mol. The Morgan fingerprint density at radius 1 is 1.19 bits per heavy atom. The molecular weight excluding hydrogens is 427 g/mol. The van der Waals surface area contributed by atoms with Crippen LogP contribution in [-0.4, -0.2) is 38.9 Å². The molecule has 0 saturated carbocycles. The van der Waals surface area contributed by atoms with Gasteiger partial charge in [0.1, 0.15) is 12.0 Å². The molecular formula is C23H25FN6OS. The minimum Gasteiger partial charge on any atom is -0.325 e. The Hall–Kier alpha value is -3.04. The Morgan fingerprint density at radius 2 is 1.94 bits per heavy atom. The van der Waals surface area contributed by atoms with Gasteiger partial charge in [0.05, 0.1) is 17.8 Å². The lowest BCUT2D eigenvalue weighted by atomic mass is 10.00. The van der Waals surface area contributed by atoms with Gasteiger partial charge in [-0.1, -0.05) is 42.1 Å². The highest BCUT2D eigenvalue weighted by Gasteiger charge is 2.44. The van der Waals surface area contributed by atoms with Crippen LogP contribution in [0.5, 0.6) is 0 Å². The number of rotatable bonds is 4. The van der Waals surface area contributed by atoms with E-state index in [1.807, 2.05) is 56.6 Å². The second-order valence-corrected chi connectivity index (χ2v) is 9.16. The third-order valence-corrected chi connectivity index (χ3v) is 7.02. The van der Waals surface area contributed by atoms with Crippen molar-refractivity contribution in [3.8, 4) is 0 Å². The lowest BCUT2D eigenvalue weighted by molar-refractivity contribution is -0.113. The largest absolute Gasteiger partial charge is 0.325 e. The zero-order chi connectivity index (χ0) is 22.2. The van der Waals surface area contributed by atoms with Gasteiger partial charge in [-0.25, -0.2) is 9.82 Å². The van der Waals surface area contributed by atoms with Gasteiger partial charge in [0.15, 0.2) is 5.17 Å². The molecule has 3 aliphatic rings. The van der Waals surface area contributed by atoms with Crippen LogP contribution in [0, 0.1) is 19.7 Å². The lowest BCUT2D eigenvalue weighted by Gasteiger charge is -2.36. The molecule has 3 N–H and O–H groups in total. The molecule has 166 valence electrons. The van der Waals surface area contributed by atoms with Crippen molar-refractivity contribution in [1.29, 1.82) is 0 Å². The van der Waals surface area contributed by atoms with Crippen molar-refractivity contribution < 1.29 is 9.18 Å². The number of benzene rings is 2. The number of carbonyl (C=O) groups is 1. The van der Waals surface area contributed by atoms with Gasteiger partial charge < -0.3 is 15.2 Å². The molecule has 1 amide bonds. The highest BCUT2D eigenvalue weighted by atomic mass is 32.2. The summed E-state index contributed by atoms with van der Waals surface area (Å²) in [4.78, 5) is 14.6. The van der Waals surface area contributed by atoms with Crippen molar-refractivity contribution in [2.45, 2.75) is 38.5 Å². The number of anilines is 1. The predicted octanol–water partition coefficient (Wildman–Crippen LogP) is 3.42. The Bertz CT molecular complexity index is 1070. The van der Waals surface area contributed by atoms with Crippen molar-refractivity contribution in [3.63, 3.8) is 0 Å². The first-order valence-corrected chi connectivity index (χ1v) is 11.6. The molecule has 9 heteroatoms. The molecule has 1 fully saturated rings. The highest BCUT2D eigenvalue weighted by molar-refractivity contribution is 8.14. The standard InChI is InChI=1S/C23H25FN6OS/c1-14-4-3-5-15(2)21(14)25-20(31)13-32-23-27-26-22-19-12-18(16-6-8-17(24)9-7-16)28-30(19)11-10-29(22)23/h3-11,18-19,22,26,28H,12-13H2,1-2H3,(H,25,31). The van der Waals surface area contributed by atoms with Crippen LogP contribution >= 0.6 is 11.8 Å². The molecule has 2 aromatic rings. The summed E-state index contributed by atoms with van der Waals surface area (Å²) in [5.74, 6) is -0.0133. The van der Waals surface area contributed by atoms with Crippen molar-refractivity contribution in [2.24, 2.45) is 5.10 Å². The number of amides is 1. The lowest BCUT2D eigenvalue weighted by Crippen LogP contribution is -2.54. The summed E-state index contributed by atoms with van der Waals surface area (Å²) in [5, 5.41) is 10.4. The number of thioether (sulfide) groups is 1. The number of para-hydroxylation sites is 1. The fourth-order valence-corrected chi connectivity index (χ4v) is 5.15. The Labute approximate surface area is 190 Å². The van der Waals surface area contributed by atoms with Crippen LogP contribution in [0.4, 0.5) is 10.1 Å². The number of hydrazine groups is 1. The van der Waals surface area contributed by atoms with Crippen LogP contribution < -0.4 is 16.2 Å². The van der Waals surface area contributed by atoms with E-state index in [1.54, 1.807) is 0 Å². The monoisotopic (exact) mass is 452 g/mol. The Kier molecular flexibility index (Phi) is 5.52. The molecule has 3 atom stereocenters. The number of nitrogens with zero attached hydrogens (tertiary/aromatic N) is 3. The number of carbonyl (C=O) groups excluding carboxylic acids is 1. The summed E-state index contributed by atoms with van der Waals surface area (Å²) >= 11 is 1.41. The molecule has 0 aromatic heterocycles. The van der Waals surface area contributed by atoms with Crippen LogP contribution in [-0.2, 0) is 4.79 Å². The maximum atomic E-state index is 13.3. The highest BCUT2D eigenvalue weighted by Crippen LogP contribution is 2.35. The molecule has 3 unspecified atom stereocenters. The first-order valence-electron chi connectivity index (χ1n) is 10.6. The van der Waals surface area contributed by atoms with E-state index >= 15 is 0 Å². The van der Waals surface area contributed by atoms with Gasteiger partial charge in [0.2, 0.25) is 5.91 Å². The number of nitrogens with one attached hydrogen (secondary N) is 3. The second kappa shape index (κ2) is 8.48. The molecule has 2 aromatic carbocycles. The van der Waals surface area contributed by atoms with Crippen molar-refractivity contribution in [3.05, 3.63) is 77.4 Å². The number of amidine groups is 1. The van der Waals surface area contributed by atoms with E-state index in [4.69, 9.17) is 0 Å². The molecule has 3 aliphatic heterocycles. The molecule has 7 nitrogen and oxygen atoms in total. The number of hydrazone groups is 1. The summed E-state index contributed by atoms with van der Waals surface area (Å²) in [5.41, 5.74) is 10.7. The van der Waals surface area contributed by atoms with E-state index < -0.39 is 0 Å². The molecule has 32 heavy (non-hydrogen) atoms. The van der Waals surface area contributed by atoms with Crippen LogP contribution in [0.15, 0.2) is 60.0 Å². The third kappa shape index (κ3) is 3.93. The average Bonchev–Trinajstić information content (AvgIpc) is 3.39. The van der Waals surface area contributed by atoms with E-state index in [0.717, 1.165) is 34.0 Å². The first kappa shape index (κ1) is 20.8. The van der Waals surface area contributed by atoms with E-state index in [0.29, 0.717) is 0 Å². The maximum absolute atomic E-state index is 13.3. The van der Waals surface area contributed by atoms with Crippen LogP contribution in [0.2, 0.25) is 0 Å². The number of aryl methyl sites for hydroxylation is 2. The average molecular weight is 453 g/mol. The minimum atomic E-state index is -0.232. The summed E-state index contributed by atoms with van der Waals surface area (Å²) in [6.07, 6.45) is 4.79. The van der Waals surface area contributed by atoms with Crippen LogP contribution in [0.25, 0.3) is 0 Å². The van der Waals surface area contributed by atoms with Crippen molar-refractivity contribution in [2.75, 3.05) is 11.1 Å². The smallest absolute Gasteiger partial charge is 0.234 e. The summed E-state index contributed by atoms with van der Waals surface area (Å²) in [7, 11) is 0. The Balaban J connectivity index is 1.19. The zero-order valence-corrected chi connectivity index (χ0v) is 18.7. The van der Waals surface area contributed by atoms with Gasteiger partial charge in [0.25, 0.3) is 0 Å². The van der Waals surface area contributed by atoms with E-state index in [2.05, 4.69) is 31.2 Å². The van der Waals surface area contributed by atoms with Gasteiger partial charge in [0, 0.05) is 18.1 Å². The van der Waals surface area contributed by atoms with Gasteiger partial charge >= 0.3 is 0 Å². The fraction of sp³-hybridized carbons (Fsp3) is 0.304. The minimum absolute atomic E-state index is 0.0258. The summed E-state index contributed by atoms with van der Waals surface area (Å²) in [6, 6.07) is 12.8. The SMILES string of the molecule is Cc1cccc(C)c1NC(=O)CSC1=NNC2C3CC(c4ccc(F)cc4)NN3C=CN12. The zero-order valence-electron chi connectivity index (χ0n) is 17.9. The normalized spacial score (nSPS) is 23.5. The van der Waals surface area contributed by atoms with Crippen LogP contribution in [0.3, 0.4) is 0 Å². The maximum Gasteiger partial charge on any atom is 0.234 e. The van der Waals surface area contributed by atoms with Gasteiger partial charge in [-0.05, 0) is 49.1 Å². The molecule has 0 spiro atoms. The number of fused-ring (bicyclic) bond motifs is 3. The van der Waals surface area contributed by atoms with E-state index in [9.17, 15) is 9.18 Å². The topological polar surface area (TPSA) is 72.0 Å².